The second kappa shape index (κ2) is 7.53. The maximum absolute atomic E-state index is 12.2. The van der Waals surface area contributed by atoms with Crippen LogP contribution in [0.5, 0.6) is 0 Å². The minimum atomic E-state index is -0.272. The Kier molecular flexibility index (Phi) is 6.04. The van der Waals surface area contributed by atoms with E-state index in [2.05, 4.69) is 5.32 Å². The molecule has 110 valence electrons. The Balaban J connectivity index is 2.60. The van der Waals surface area contributed by atoms with Crippen LogP contribution >= 0.6 is 0 Å². The van der Waals surface area contributed by atoms with Gasteiger partial charge >= 0.3 is 0 Å². The Bertz CT molecular complexity index is 431. The minimum Gasteiger partial charge on any atom is -0.387 e. The first-order valence-corrected chi connectivity index (χ1v) is 6.90. The average molecular weight is 278 g/mol. The summed E-state index contributed by atoms with van der Waals surface area (Å²) >= 11 is 0. The van der Waals surface area contributed by atoms with Gasteiger partial charge in [-0.1, -0.05) is 6.92 Å². The maximum atomic E-state index is 12.2. The minimum absolute atomic E-state index is 0.0200. The van der Waals surface area contributed by atoms with Gasteiger partial charge in [0.25, 0.3) is 5.91 Å². The van der Waals surface area contributed by atoms with Gasteiger partial charge in [0.2, 0.25) is 5.91 Å². The van der Waals surface area contributed by atoms with Crippen molar-refractivity contribution in [2.45, 2.75) is 33.2 Å². The van der Waals surface area contributed by atoms with Gasteiger partial charge in [0.15, 0.2) is 0 Å². The van der Waals surface area contributed by atoms with Crippen LogP contribution < -0.4 is 5.32 Å². The van der Waals surface area contributed by atoms with Crippen molar-refractivity contribution in [1.29, 1.82) is 5.26 Å². The molecule has 0 bridgehead atoms. The number of hydrogen-bond donors (Lipinski definition) is 1. The molecular formula is C14H22N4O2. The van der Waals surface area contributed by atoms with Gasteiger partial charge in [-0.25, -0.2) is 0 Å². The summed E-state index contributed by atoms with van der Waals surface area (Å²) in [5, 5.41) is 12.1. The summed E-state index contributed by atoms with van der Waals surface area (Å²) in [6.45, 7) is 7.54. The lowest BCUT2D eigenvalue weighted by atomic mass is 10.2. The number of nitriles is 1. The van der Waals surface area contributed by atoms with Crippen LogP contribution in [0.2, 0.25) is 0 Å². The number of piperazine rings is 1. The van der Waals surface area contributed by atoms with Crippen LogP contribution in [0.3, 0.4) is 0 Å². The largest absolute Gasteiger partial charge is 0.387 e. The van der Waals surface area contributed by atoms with E-state index >= 15 is 0 Å². The molecule has 1 fully saturated rings. The van der Waals surface area contributed by atoms with Crippen LogP contribution in [0.4, 0.5) is 0 Å². The lowest BCUT2D eigenvalue weighted by molar-refractivity contribution is -0.136. The number of carbonyl (C=O) groups excluding carboxylic acids is 2. The summed E-state index contributed by atoms with van der Waals surface area (Å²) in [6, 6.07) is 2.16. The quantitative estimate of drug-likeness (QED) is 0.599. The van der Waals surface area contributed by atoms with E-state index in [1.54, 1.807) is 9.80 Å². The summed E-state index contributed by atoms with van der Waals surface area (Å²) in [5.74, 6) is -0.252. The number of nitrogens with zero attached hydrogens (tertiary/aromatic N) is 3. The molecule has 0 aliphatic carbocycles. The zero-order valence-electron chi connectivity index (χ0n) is 12.3. The van der Waals surface area contributed by atoms with Crippen molar-refractivity contribution in [2.24, 2.45) is 0 Å². The van der Waals surface area contributed by atoms with Crippen LogP contribution in [0.1, 0.15) is 27.2 Å². The highest BCUT2D eigenvalue weighted by atomic mass is 16.2. The molecule has 6 heteroatoms. The number of nitrogens with one attached hydrogen (secondary N) is 1. The molecule has 1 heterocycles. The molecule has 0 aromatic rings. The third kappa shape index (κ3) is 4.26. The summed E-state index contributed by atoms with van der Waals surface area (Å²) in [6.07, 6.45) is 2.41. The van der Waals surface area contributed by atoms with Gasteiger partial charge in [0.05, 0.1) is 0 Å². The monoisotopic (exact) mass is 278 g/mol. The predicted molar refractivity (Wildman–Crippen MR) is 75.4 cm³/mol. The summed E-state index contributed by atoms with van der Waals surface area (Å²) < 4.78 is 0. The Hall–Kier alpha value is -2.03. The first kappa shape index (κ1) is 16.0. The smallest absolute Gasteiger partial charge is 0.266 e. The Morgan fingerprint density at radius 2 is 1.85 bits per heavy atom. The molecule has 1 rings (SSSR count). The van der Waals surface area contributed by atoms with Crippen molar-refractivity contribution < 1.29 is 9.59 Å². The summed E-state index contributed by atoms with van der Waals surface area (Å²) in [5.41, 5.74) is 0.113. The number of carbonyl (C=O) groups is 2. The van der Waals surface area contributed by atoms with Crippen molar-refractivity contribution in [1.82, 2.24) is 15.1 Å². The molecule has 1 N–H and O–H groups in total. The van der Waals surface area contributed by atoms with Gasteiger partial charge in [0.1, 0.15) is 11.6 Å². The molecule has 1 saturated heterocycles. The van der Waals surface area contributed by atoms with Crippen molar-refractivity contribution in [3.8, 4) is 6.07 Å². The fourth-order valence-corrected chi connectivity index (χ4v) is 1.88. The van der Waals surface area contributed by atoms with Crippen molar-refractivity contribution >= 4 is 11.8 Å². The lowest BCUT2D eigenvalue weighted by Crippen LogP contribution is -2.50. The SMILES string of the molecule is CCC(C)N/C=C(/C#N)C(=O)N1CCN(C(C)=O)CC1. The molecule has 0 saturated carbocycles. The van der Waals surface area contributed by atoms with Crippen molar-refractivity contribution in [3.05, 3.63) is 11.8 Å². The van der Waals surface area contributed by atoms with Crippen molar-refractivity contribution in [3.63, 3.8) is 0 Å². The molecule has 1 atom stereocenters. The zero-order valence-corrected chi connectivity index (χ0v) is 12.3. The molecule has 2 amide bonds. The number of amides is 2. The van der Waals surface area contributed by atoms with E-state index in [9.17, 15) is 9.59 Å². The van der Waals surface area contributed by atoms with Gasteiger partial charge in [0, 0.05) is 45.3 Å². The van der Waals surface area contributed by atoms with E-state index in [4.69, 9.17) is 5.26 Å². The summed E-state index contributed by atoms with van der Waals surface area (Å²) in [7, 11) is 0. The third-order valence-electron chi connectivity index (χ3n) is 3.49. The van der Waals surface area contributed by atoms with Gasteiger partial charge in [-0.05, 0) is 13.3 Å². The molecular weight excluding hydrogens is 256 g/mol. The van der Waals surface area contributed by atoms with E-state index in [0.717, 1.165) is 6.42 Å². The molecule has 1 unspecified atom stereocenters. The van der Waals surface area contributed by atoms with Crippen LogP contribution in [-0.4, -0.2) is 53.8 Å². The van der Waals surface area contributed by atoms with E-state index in [0.29, 0.717) is 26.2 Å². The lowest BCUT2D eigenvalue weighted by Gasteiger charge is -2.34. The van der Waals surface area contributed by atoms with Crippen LogP contribution in [0.25, 0.3) is 0 Å². The van der Waals surface area contributed by atoms with E-state index < -0.39 is 0 Å². The van der Waals surface area contributed by atoms with Gasteiger partial charge in [-0.2, -0.15) is 5.26 Å². The average Bonchev–Trinajstić information content (AvgIpc) is 2.47. The van der Waals surface area contributed by atoms with E-state index in [1.807, 2.05) is 19.9 Å². The molecule has 0 spiro atoms. The molecule has 1 aliphatic rings. The van der Waals surface area contributed by atoms with Gasteiger partial charge in [-0.3, -0.25) is 9.59 Å². The highest BCUT2D eigenvalue weighted by Crippen LogP contribution is 2.07. The first-order valence-electron chi connectivity index (χ1n) is 6.90. The highest BCUT2D eigenvalue weighted by molar-refractivity contribution is 5.97. The van der Waals surface area contributed by atoms with Crippen LogP contribution in [0.15, 0.2) is 11.8 Å². The Labute approximate surface area is 120 Å². The van der Waals surface area contributed by atoms with Gasteiger partial charge in [-0.15, -0.1) is 0 Å². The molecule has 0 radical (unpaired) electrons. The maximum Gasteiger partial charge on any atom is 0.266 e. The summed E-state index contributed by atoms with van der Waals surface area (Å²) in [4.78, 5) is 26.7. The second-order valence-corrected chi connectivity index (χ2v) is 4.94. The molecule has 1 aliphatic heterocycles. The van der Waals surface area contributed by atoms with Gasteiger partial charge < -0.3 is 15.1 Å². The number of hydrogen-bond acceptors (Lipinski definition) is 4. The van der Waals surface area contributed by atoms with Crippen molar-refractivity contribution in [2.75, 3.05) is 26.2 Å². The molecule has 20 heavy (non-hydrogen) atoms. The number of rotatable bonds is 4. The molecule has 0 aromatic heterocycles. The predicted octanol–water partition coefficient (Wildman–Crippen LogP) is 0.473. The molecule has 6 nitrogen and oxygen atoms in total. The van der Waals surface area contributed by atoms with E-state index in [1.165, 1.54) is 13.1 Å². The second-order valence-electron chi connectivity index (χ2n) is 4.94. The topological polar surface area (TPSA) is 76.4 Å². The zero-order chi connectivity index (χ0) is 15.1. The third-order valence-corrected chi connectivity index (χ3v) is 3.49. The van der Waals surface area contributed by atoms with Crippen LogP contribution in [-0.2, 0) is 9.59 Å². The fourth-order valence-electron chi connectivity index (χ4n) is 1.88. The van der Waals surface area contributed by atoms with Crippen LogP contribution in [0, 0.1) is 11.3 Å². The first-order chi connectivity index (χ1) is 9.49. The Morgan fingerprint density at radius 3 is 2.30 bits per heavy atom. The van der Waals surface area contributed by atoms with E-state index in [-0.39, 0.29) is 23.4 Å². The molecule has 0 aromatic carbocycles. The highest BCUT2D eigenvalue weighted by Gasteiger charge is 2.24. The normalized spacial score (nSPS) is 17.4. The fraction of sp³-hybridized carbons (Fsp3) is 0.643. The Morgan fingerprint density at radius 1 is 1.30 bits per heavy atom. The standard InChI is InChI=1S/C14H22N4O2/c1-4-11(2)16-10-13(9-15)14(20)18-7-5-17(6-8-18)12(3)19/h10-11,16H,4-8H2,1-3H3/b13-10-.